The molecule has 0 N–H and O–H groups in total. The summed E-state index contributed by atoms with van der Waals surface area (Å²) >= 11 is 0. The van der Waals surface area contributed by atoms with Crippen LogP contribution in [-0.2, 0) is 11.9 Å². The second-order valence-corrected chi connectivity index (χ2v) is 2.66. The lowest BCUT2D eigenvalue weighted by Gasteiger charge is -2.01. The van der Waals surface area contributed by atoms with Crippen molar-refractivity contribution in [2.45, 2.75) is 6.92 Å². The van der Waals surface area contributed by atoms with E-state index in [9.17, 15) is 0 Å². The van der Waals surface area contributed by atoms with Gasteiger partial charge in [0, 0.05) is 13.2 Å². The van der Waals surface area contributed by atoms with Crippen molar-refractivity contribution in [1.29, 1.82) is 5.26 Å². The molecule has 0 aliphatic rings. The molecule has 1 rings (SSSR count). The molecule has 0 unspecified atom stereocenters. The standard InChI is InChI=1S/C9H11N3O/c1-7(11-13-3)9-8(6-10)4-5-12(9)2/h4-5H,1-3H3/b11-7+. The van der Waals surface area contributed by atoms with E-state index in [1.165, 1.54) is 7.11 Å². The SMILES string of the molecule is CO/N=C(\C)c1c(C#N)ccn1C. The molecular weight excluding hydrogens is 166 g/mol. The number of aromatic nitrogens is 1. The van der Waals surface area contributed by atoms with Crippen LogP contribution in [0, 0.1) is 11.3 Å². The van der Waals surface area contributed by atoms with Gasteiger partial charge in [0.2, 0.25) is 0 Å². The van der Waals surface area contributed by atoms with Gasteiger partial charge in [-0.1, -0.05) is 5.16 Å². The van der Waals surface area contributed by atoms with Crippen LogP contribution in [0.15, 0.2) is 17.4 Å². The fraction of sp³-hybridized carbons (Fsp3) is 0.333. The molecule has 1 aromatic heterocycles. The van der Waals surface area contributed by atoms with Gasteiger partial charge in [0.05, 0.1) is 11.3 Å². The van der Waals surface area contributed by atoms with Crippen LogP contribution < -0.4 is 0 Å². The first kappa shape index (κ1) is 9.33. The third-order valence-corrected chi connectivity index (χ3v) is 1.76. The van der Waals surface area contributed by atoms with Crippen molar-refractivity contribution in [3.63, 3.8) is 0 Å². The third kappa shape index (κ3) is 1.70. The number of hydrogen-bond donors (Lipinski definition) is 0. The van der Waals surface area contributed by atoms with Gasteiger partial charge >= 0.3 is 0 Å². The van der Waals surface area contributed by atoms with Crippen molar-refractivity contribution >= 4 is 5.71 Å². The van der Waals surface area contributed by atoms with Gasteiger partial charge in [-0.05, 0) is 13.0 Å². The van der Waals surface area contributed by atoms with E-state index in [0.29, 0.717) is 11.3 Å². The largest absolute Gasteiger partial charge is 0.399 e. The summed E-state index contributed by atoms with van der Waals surface area (Å²) in [6.07, 6.45) is 1.82. The highest BCUT2D eigenvalue weighted by atomic mass is 16.6. The molecule has 68 valence electrons. The number of rotatable bonds is 2. The number of oxime groups is 1. The van der Waals surface area contributed by atoms with Gasteiger partial charge in [0.25, 0.3) is 0 Å². The lowest BCUT2D eigenvalue weighted by atomic mass is 10.2. The lowest BCUT2D eigenvalue weighted by molar-refractivity contribution is 0.213. The molecule has 4 nitrogen and oxygen atoms in total. The van der Waals surface area contributed by atoms with E-state index in [0.717, 1.165) is 5.69 Å². The maximum Gasteiger partial charge on any atom is 0.106 e. The molecule has 0 aromatic carbocycles. The van der Waals surface area contributed by atoms with Crippen molar-refractivity contribution in [3.05, 3.63) is 23.5 Å². The van der Waals surface area contributed by atoms with Gasteiger partial charge in [-0.25, -0.2) is 0 Å². The van der Waals surface area contributed by atoms with Gasteiger partial charge in [0.15, 0.2) is 0 Å². The molecule has 13 heavy (non-hydrogen) atoms. The highest BCUT2D eigenvalue weighted by Gasteiger charge is 2.09. The Bertz CT molecular complexity index is 371. The zero-order valence-corrected chi connectivity index (χ0v) is 7.90. The third-order valence-electron chi connectivity index (χ3n) is 1.76. The molecule has 0 aliphatic heterocycles. The molecule has 0 spiro atoms. The Labute approximate surface area is 77.0 Å². The summed E-state index contributed by atoms with van der Waals surface area (Å²) in [6, 6.07) is 3.85. The van der Waals surface area contributed by atoms with Gasteiger partial charge < -0.3 is 9.40 Å². The highest BCUT2D eigenvalue weighted by molar-refractivity contribution is 5.99. The normalized spacial score (nSPS) is 11.1. The molecule has 0 radical (unpaired) electrons. The van der Waals surface area contributed by atoms with E-state index < -0.39 is 0 Å². The Morgan fingerprint density at radius 3 is 2.92 bits per heavy atom. The molecular formula is C9H11N3O. The lowest BCUT2D eigenvalue weighted by Crippen LogP contribution is -2.04. The molecule has 0 amide bonds. The van der Waals surface area contributed by atoms with E-state index in [2.05, 4.69) is 16.1 Å². The van der Waals surface area contributed by atoms with E-state index in [1.807, 2.05) is 17.8 Å². The summed E-state index contributed by atoms with van der Waals surface area (Å²) in [4.78, 5) is 4.65. The fourth-order valence-corrected chi connectivity index (χ4v) is 1.25. The van der Waals surface area contributed by atoms with Crippen molar-refractivity contribution < 1.29 is 4.84 Å². The molecule has 0 aliphatic carbocycles. The predicted octanol–water partition coefficient (Wildman–Crippen LogP) is 1.27. The van der Waals surface area contributed by atoms with Crippen molar-refractivity contribution in [2.24, 2.45) is 12.2 Å². The summed E-state index contributed by atoms with van der Waals surface area (Å²) in [5.74, 6) is 0. The molecule has 1 heterocycles. The predicted molar refractivity (Wildman–Crippen MR) is 49.3 cm³/mol. The van der Waals surface area contributed by atoms with Gasteiger partial charge in [-0.15, -0.1) is 0 Å². The Morgan fingerprint density at radius 1 is 1.69 bits per heavy atom. The Balaban J connectivity index is 3.20. The molecule has 0 fully saturated rings. The Morgan fingerprint density at radius 2 is 2.38 bits per heavy atom. The van der Waals surface area contributed by atoms with Crippen molar-refractivity contribution in [3.8, 4) is 6.07 Å². The van der Waals surface area contributed by atoms with E-state index >= 15 is 0 Å². The first-order chi connectivity index (χ1) is 6.20. The average Bonchev–Trinajstić information content (AvgIpc) is 2.47. The van der Waals surface area contributed by atoms with Crippen molar-refractivity contribution in [1.82, 2.24) is 4.57 Å². The first-order valence-corrected chi connectivity index (χ1v) is 3.84. The van der Waals surface area contributed by atoms with Gasteiger partial charge in [0.1, 0.15) is 18.9 Å². The van der Waals surface area contributed by atoms with Crippen LogP contribution in [0.1, 0.15) is 18.2 Å². The second kappa shape index (κ2) is 3.76. The fourth-order valence-electron chi connectivity index (χ4n) is 1.25. The minimum atomic E-state index is 0.612. The Kier molecular flexibility index (Phi) is 2.70. The molecule has 1 aromatic rings. The van der Waals surface area contributed by atoms with Crippen molar-refractivity contribution in [2.75, 3.05) is 7.11 Å². The molecule has 0 atom stereocenters. The summed E-state index contributed by atoms with van der Waals surface area (Å²) in [5, 5.41) is 12.6. The molecule has 0 saturated heterocycles. The zero-order valence-electron chi connectivity index (χ0n) is 7.90. The maximum atomic E-state index is 8.79. The number of hydrogen-bond acceptors (Lipinski definition) is 3. The van der Waals surface area contributed by atoms with E-state index in [4.69, 9.17) is 5.26 Å². The monoisotopic (exact) mass is 177 g/mol. The summed E-state index contributed by atoms with van der Waals surface area (Å²) in [6.45, 7) is 1.81. The van der Waals surface area contributed by atoms with Crippen LogP contribution in [0.2, 0.25) is 0 Å². The number of nitrogens with zero attached hydrogens (tertiary/aromatic N) is 3. The minimum absolute atomic E-state index is 0.612. The highest BCUT2D eigenvalue weighted by Crippen LogP contribution is 2.09. The second-order valence-electron chi connectivity index (χ2n) is 2.66. The van der Waals surface area contributed by atoms with Crippen LogP contribution >= 0.6 is 0 Å². The van der Waals surface area contributed by atoms with Crippen LogP contribution in [0.3, 0.4) is 0 Å². The molecule has 4 heteroatoms. The van der Waals surface area contributed by atoms with Crippen LogP contribution in [0.4, 0.5) is 0 Å². The van der Waals surface area contributed by atoms with E-state index in [-0.39, 0.29) is 0 Å². The average molecular weight is 177 g/mol. The molecule has 0 saturated carbocycles. The Hall–Kier alpha value is -1.76. The maximum absolute atomic E-state index is 8.79. The zero-order chi connectivity index (χ0) is 9.84. The van der Waals surface area contributed by atoms with Crippen LogP contribution in [0.5, 0.6) is 0 Å². The topological polar surface area (TPSA) is 50.3 Å². The molecule has 0 bridgehead atoms. The van der Waals surface area contributed by atoms with Gasteiger partial charge in [-0.3, -0.25) is 0 Å². The quantitative estimate of drug-likeness (QED) is 0.504. The van der Waals surface area contributed by atoms with Crippen LogP contribution in [-0.4, -0.2) is 17.4 Å². The number of aryl methyl sites for hydroxylation is 1. The minimum Gasteiger partial charge on any atom is -0.399 e. The number of nitriles is 1. The summed E-state index contributed by atoms with van der Waals surface area (Å²) in [5.41, 5.74) is 2.11. The smallest absolute Gasteiger partial charge is 0.106 e. The summed E-state index contributed by atoms with van der Waals surface area (Å²) in [7, 11) is 3.35. The van der Waals surface area contributed by atoms with E-state index in [1.54, 1.807) is 13.0 Å². The first-order valence-electron chi connectivity index (χ1n) is 3.84. The van der Waals surface area contributed by atoms with Crippen LogP contribution in [0.25, 0.3) is 0 Å². The summed E-state index contributed by atoms with van der Waals surface area (Å²) < 4.78 is 1.84. The van der Waals surface area contributed by atoms with Gasteiger partial charge in [-0.2, -0.15) is 5.26 Å².